The summed E-state index contributed by atoms with van der Waals surface area (Å²) in [6.07, 6.45) is 1.84. The van der Waals surface area contributed by atoms with E-state index in [0.717, 1.165) is 24.9 Å². The number of nitriles is 1. The van der Waals surface area contributed by atoms with Crippen LogP contribution in [0.15, 0.2) is 18.2 Å². The molecule has 6 heteroatoms. The summed E-state index contributed by atoms with van der Waals surface area (Å²) < 4.78 is 13.1. The summed E-state index contributed by atoms with van der Waals surface area (Å²) in [4.78, 5) is 14.3. The van der Waals surface area contributed by atoms with Gasteiger partial charge in [0.1, 0.15) is 11.2 Å². The zero-order chi connectivity index (χ0) is 17.0. The highest BCUT2D eigenvalue weighted by Crippen LogP contribution is 2.22. The molecule has 0 aromatic heterocycles. The van der Waals surface area contributed by atoms with Crippen molar-refractivity contribution >= 4 is 17.5 Å². The highest BCUT2D eigenvalue weighted by molar-refractivity contribution is 6.31. The molecule has 1 saturated heterocycles. The normalized spacial score (nSPS) is 19.2. The molecule has 0 saturated carbocycles. The molecule has 1 aromatic carbocycles. The average molecular weight is 338 g/mol. The van der Waals surface area contributed by atoms with E-state index in [9.17, 15) is 9.18 Å². The maximum absolute atomic E-state index is 13.1. The molecule has 0 spiro atoms. The number of likely N-dealkylation sites (tertiary alicyclic amines) is 1. The fraction of sp³-hybridized carbons (Fsp3) is 0.529. The summed E-state index contributed by atoms with van der Waals surface area (Å²) in [7, 11) is 0. The molecule has 1 aromatic rings. The molecule has 1 N–H and O–H groups in total. The average Bonchev–Trinajstić information content (AvgIpc) is 2.50. The Kier molecular flexibility index (Phi) is 5.61. The number of rotatable bonds is 4. The Balaban J connectivity index is 1.96. The molecular weight excluding hydrogens is 317 g/mol. The van der Waals surface area contributed by atoms with Gasteiger partial charge in [0.2, 0.25) is 5.91 Å². The summed E-state index contributed by atoms with van der Waals surface area (Å²) >= 11 is 6.08. The molecule has 1 heterocycles. The molecule has 4 nitrogen and oxygen atoms in total. The zero-order valence-corrected chi connectivity index (χ0v) is 14.2. The van der Waals surface area contributed by atoms with Gasteiger partial charge in [0, 0.05) is 24.2 Å². The van der Waals surface area contributed by atoms with Crippen LogP contribution in [0.3, 0.4) is 0 Å². The number of carbonyl (C=O) groups excluding carboxylic acids is 1. The number of benzene rings is 1. The van der Waals surface area contributed by atoms with Crippen molar-refractivity contribution in [1.82, 2.24) is 10.2 Å². The molecule has 1 fully saturated rings. The van der Waals surface area contributed by atoms with Gasteiger partial charge in [-0.1, -0.05) is 17.7 Å². The number of amides is 1. The first kappa shape index (κ1) is 17.7. The third-order valence-electron chi connectivity index (χ3n) is 4.10. The highest BCUT2D eigenvalue weighted by Gasteiger charge is 2.30. The van der Waals surface area contributed by atoms with Gasteiger partial charge in [-0.3, -0.25) is 9.69 Å². The summed E-state index contributed by atoms with van der Waals surface area (Å²) in [5, 5.41) is 12.4. The Hall–Kier alpha value is -1.64. The predicted octanol–water partition coefficient (Wildman–Crippen LogP) is 3.11. The molecular formula is C17H21ClFN3O. The fourth-order valence-corrected chi connectivity index (χ4v) is 2.85. The molecule has 1 amide bonds. The molecule has 1 aliphatic heterocycles. The van der Waals surface area contributed by atoms with Crippen LogP contribution in [0.2, 0.25) is 5.02 Å². The molecule has 1 atom stereocenters. The lowest BCUT2D eigenvalue weighted by atomic mass is 9.93. The van der Waals surface area contributed by atoms with Crippen molar-refractivity contribution in [3.05, 3.63) is 34.6 Å². The van der Waals surface area contributed by atoms with Crippen molar-refractivity contribution in [2.75, 3.05) is 13.1 Å². The van der Waals surface area contributed by atoms with Crippen LogP contribution in [0.25, 0.3) is 0 Å². The lowest BCUT2D eigenvalue weighted by Crippen LogP contribution is -2.50. The Morgan fingerprint density at radius 2 is 2.30 bits per heavy atom. The van der Waals surface area contributed by atoms with Crippen LogP contribution in [0, 0.1) is 22.6 Å². The van der Waals surface area contributed by atoms with E-state index in [1.54, 1.807) is 19.9 Å². The molecule has 0 bridgehead atoms. The molecule has 23 heavy (non-hydrogen) atoms. The van der Waals surface area contributed by atoms with E-state index < -0.39 is 5.41 Å². The van der Waals surface area contributed by atoms with Gasteiger partial charge in [-0.15, -0.1) is 0 Å². The van der Waals surface area contributed by atoms with Gasteiger partial charge >= 0.3 is 0 Å². The summed E-state index contributed by atoms with van der Waals surface area (Å²) in [6, 6.07) is 6.44. The number of piperidine rings is 1. The van der Waals surface area contributed by atoms with Crippen LogP contribution >= 0.6 is 11.6 Å². The molecule has 1 aliphatic rings. The summed E-state index contributed by atoms with van der Waals surface area (Å²) in [6.45, 7) is 5.44. The largest absolute Gasteiger partial charge is 0.351 e. The van der Waals surface area contributed by atoms with E-state index in [2.05, 4.69) is 10.2 Å². The van der Waals surface area contributed by atoms with Crippen molar-refractivity contribution in [3.63, 3.8) is 0 Å². The smallest absolute Gasteiger partial charge is 0.240 e. The Morgan fingerprint density at radius 3 is 2.96 bits per heavy atom. The van der Waals surface area contributed by atoms with Crippen molar-refractivity contribution in [1.29, 1.82) is 5.26 Å². The van der Waals surface area contributed by atoms with Crippen LogP contribution in [-0.2, 0) is 11.3 Å². The van der Waals surface area contributed by atoms with E-state index >= 15 is 0 Å². The van der Waals surface area contributed by atoms with Gasteiger partial charge in [0.25, 0.3) is 0 Å². The third-order valence-corrected chi connectivity index (χ3v) is 4.45. The molecule has 0 unspecified atom stereocenters. The van der Waals surface area contributed by atoms with Crippen molar-refractivity contribution in [2.24, 2.45) is 5.41 Å². The van der Waals surface area contributed by atoms with Gasteiger partial charge in [-0.25, -0.2) is 4.39 Å². The topological polar surface area (TPSA) is 56.1 Å². The Labute approximate surface area is 141 Å². The number of carbonyl (C=O) groups is 1. The first-order chi connectivity index (χ1) is 10.8. The lowest BCUT2D eigenvalue weighted by Gasteiger charge is -2.34. The van der Waals surface area contributed by atoms with Crippen molar-refractivity contribution in [2.45, 2.75) is 39.3 Å². The van der Waals surface area contributed by atoms with Crippen LogP contribution in [0.1, 0.15) is 32.3 Å². The molecule has 0 radical (unpaired) electrons. The molecule has 2 rings (SSSR count). The van der Waals surface area contributed by atoms with Crippen molar-refractivity contribution < 1.29 is 9.18 Å². The molecule has 0 aliphatic carbocycles. The second-order valence-corrected chi connectivity index (χ2v) is 6.93. The van der Waals surface area contributed by atoms with Crippen molar-refractivity contribution in [3.8, 4) is 6.07 Å². The summed E-state index contributed by atoms with van der Waals surface area (Å²) in [5.41, 5.74) is -0.153. The van der Waals surface area contributed by atoms with Crippen LogP contribution < -0.4 is 5.32 Å². The minimum atomic E-state index is -1.03. The second kappa shape index (κ2) is 7.29. The number of hydrogen-bond acceptors (Lipinski definition) is 3. The van der Waals surface area contributed by atoms with Crippen LogP contribution in [-0.4, -0.2) is 29.9 Å². The van der Waals surface area contributed by atoms with E-state index in [4.69, 9.17) is 16.9 Å². The Morgan fingerprint density at radius 1 is 1.57 bits per heavy atom. The van der Waals surface area contributed by atoms with Gasteiger partial charge in [0.05, 0.1) is 6.07 Å². The monoisotopic (exact) mass is 337 g/mol. The number of nitrogens with one attached hydrogen (secondary N) is 1. The number of hydrogen-bond donors (Lipinski definition) is 1. The minimum Gasteiger partial charge on any atom is -0.351 e. The van der Waals surface area contributed by atoms with Crippen LogP contribution in [0.5, 0.6) is 0 Å². The quantitative estimate of drug-likeness (QED) is 0.918. The first-order valence-corrected chi connectivity index (χ1v) is 8.08. The van der Waals surface area contributed by atoms with E-state index in [-0.39, 0.29) is 17.8 Å². The van der Waals surface area contributed by atoms with Gasteiger partial charge in [-0.2, -0.15) is 5.26 Å². The van der Waals surface area contributed by atoms with Gasteiger partial charge < -0.3 is 5.32 Å². The third kappa shape index (κ3) is 4.66. The second-order valence-electron chi connectivity index (χ2n) is 6.52. The van der Waals surface area contributed by atoms with Crippen LogP contribution in [0.4, 0.5) is 4.39 Å². The number of halogens is 2. The maximum atomic E-state index is 13.1. The minimum absolute atomic E-state index is 0.0168. The summed E-state index contributed by atoms with van der Waals surface area (Å²) in [5.74, 6) is -0.590. The fourth-order valence-electron chi connectivity index (χ4n) is 2.62. The maximum Gasteiger partial charge on any atom is 0.240 e. The van der Waals surface area contributed by atoms with E-state index in [1.807, 2.05) is 6.07 Å². The standard InChI is InChI=1S/C17H21ClFN3O/c1-17(2,11-20)16(23)21-14-4-3-7-22(10-14)9-12-5-6-13(19)8-15(12)18/h5-6,8,14H,3-4,7,9-10H2,1-2H3,(H,21,23)/t14-/m0/s1. The van der Waals surface area contributed by atoms with E-state index in [0.29, 0.717) is 18.1 Å². The van der Waals surface area contributed by atoms with E-state index in [1.165, 1.54) is 12.1 Å². The molecule has 124 valence electrons. The Bertz CT molecular complexity index is 627. The zero-order valence-electron chi connectivity index (χ0n) is 13.4. The highest BCUT2D eigenvalue weighted by atomic mass is 35.5. The number of nitrogens with zero attached hydrogens (tertiary/aromatic N) is 2. The van der Waals surface area contributed by atoms with Gasteiger partial charge in [-0.05, 0) is 50.9 Å². The SMILES string of the molecule is CC(C)(C#N)C(=O)N[C@H]1CCCN(Cc2ccc(F)cc2Cl)C1. The first-order valence-electron chi connectivity index (χ1n) is 7.70. The predicted molar refractivity (Wildman–Crippen MR) is 87.2 cm³/mol. The lowest BCUT2D eigenvalue weighted by molar-refractivity contribution is -0.127. The van der Waals surface area contributed by atoms with Gasteiger partial charge in [0.15, 0.2) is 0 Å².